The van der Waals surface area contributed by atoms with Crippen molar-refractivity contribution in [1.82, 2.24) is 10.2 Å². The first-order valence-corrected chi connectivity index (χ1v) is 6.31. The van der Waals surface area contributed by atoms with Crippen molar-refractivity contribution < 1.29 is 9.53 Å². The number of hydrogen-bond acceptors (Lipinski definition) is 4. The van der Waals surface area contributed by atoms with Gasteiger partial charge in [0.2, 0.25) is 5.91 Å². The zero-order chi connectivity index (χ0) is 12.5. The van der Waals surface area contributed by atoms with Crippen molar-refractivity contribution in [3.8, 4) is 0 Å². The van der Waals surface area contributed by atoms with Crippen LogP contribution in [0.4, 0.5) is 0 Å². The lowest BCUT2D eigenvalue weighted by molar-refractivity contribution is -0.121. The monoisotopic (exact) mass is 241 g/mol. The van der Waals surface area contributed by atoms with E-state index < -0.39 is 0 Å². The van der Waals surface area contributed by atoms with Gasteiger partial charge in [-0.25, -0.2) is 0 Å². The summed E-state index contributed by atoms with van der Waals surface area (Å²) in [6.07, 6.45) is 1.99. The fraction of sp³-hybridized carbons (Fsp3) is 0.917. The van der Waals surface area contributed by atoms with Crippen LogP contribution < -0.4 is 11.1 Å². The van der Waals surface area contributed by atoms with Gasteiger partial charge in [-0.1, -0.05) is 0 Å². The van der Waals surface area contributed by atoms with Crippen LogP contribution in [-0.4, -0.2) is 54.7 Å². The van der Waals surface area contributed by atoms with Crippen LogP contribution in [0.3, 0.4) is 0 Å². The Labute approximate surface area is 103 Å². The molecule has 1 amide bonds. The Hall–Kier alpha value is -0.650. The maximum Gasteiger partial charge on any atom is 0.231 e. The molecule has 1 atom stereocenters. The van der Waals surface area contributed by atoms with Crippen LogP contribution in [0.15, 0.2) is 0 Å². The van der Waals surface area contributed by atoms with Gasteiger partial charge in [-0.2, -0.15) is 0 Å². The molecular formula is C12H23N3O2. The van der Waals surface area contributed by atoms with Crippen LogP contribution in [-0.2, 0) is 9.53 Å². The van der Waals surface area contributed by atoms with E-state index in [-0.39, 0.29) is 17.0 Å². The minimum absolute atomic E-state index is 0.0824. The molecular weight excluding hydrogens is 218 g/mol. The number of nitrogens with one attached hydrogen (secondary N) is 1. The van der Waals surface area contributed by atoms with Crippen molar-refractivity contribution in [1.29, 1.82) is 0 Å². The smallest absolute Gasteiger partial charge is 0.231 e. The van der Waals surface area contributed by atoms with Gasteiger partial charge in [-0.15, -0.1) is 0 Å². The molecule has 98 valence electrons. The van der Waals surface area contributed by atoms with E-state index in [1.165, 1.54) is 0 Å². The second-order valence-electron chi connectivity index (χ2n) is 5.92. The van der Waals surface area contributed by atoms with E-state index in [1.807, 2.05) is 0 Å². The Balaban J connectivity index is 2.02. The molecule has 2 saturated heterocycles. The number of carbonyl (C=O) groups excluding carboxylic acids is 1. The van der Waals surface area contributed by atoms with Gasteiger partial charge in [0.1, 0.15) is 0 Å². The molecule has 2 heterocycles. The Morgan fingerprint density at radius 2 is 2.29 bits per heavy atom. The minimum Gasteiger partial charge on any atom is -0.375 e. The van der Waals surface area contributed by atoms with Gasteiger partial charge in [-0.3, -0.25) is 9.69 Å². The number of ether oxygens (including phenoxy) is 1. The summed E-state index contributed by atoms with van der Waals surface area (Å²) in [6.45, 7) is 8.11. The number of piperazine rings is 1. The third-order valence-corrected chi connectivity index (χ3v) is 3.67. The molecule has 5 nitrogen and oxygen atoms in total. The summed E-state index contributed by atoms with van der Waals surface area (Å²) < 4.78 is 5.76. The molecule has 0 aromatic rings. The Kier molecular flexibility index (Phi) is 3.43. The van der Waals surface area contributed by atoms with Crippen molar-refractivity contribution in [2.75, 3.05) is 32.8 Å². The van der Waals surface area contributed by atoms with Gasteiger partial charge >= 0.3 is 0 Å². The van der Waals surface area contributed by atoms with E-state index in [1.54, 1.807) is 0 Å². The van der Waals surface area contributed by atoms with E-state index in [4.69, 9.17) is 10.5 Å². The molecule has 5 heteroatoms. The standard InChI is InChI=1S/C12H23N3O2/c1-11(2)8-12(3-6-17-11)9-15(5-4-14-12)7-10(13)16/h14H,3-9H2,1-2H3,(H2,13,16)/t12-/m1/s1. The Morgan fingerprint density at radius 3 is 2.94 bits per heavy atom. The van der Waals surface area contributed by atoms with Crippen molar-refractivity contribution >= 4 is 5.91 Å². The van der Waals surface area contributed by atoms with Crippen LogP contribution in [0.2, 0.25) is 0 Å². The molecule has 0 unspecified atom stereocenters. The number of nitrogens with zero attached hydrogens (tertiary/aromatic N) is 1. The molecule has 2 rings (SSSR count). The van der Waals surface area contributed by atoms with Gasteiger partial charge in [-0.05, 0) is 26.7 Å². The molecule has 0 saturated carbocycles. The summed E-state index contributed by atoms with van der Waals surface area (Å²) in [7, 11) is 0. The minimum atomic E-state index is -0.242. The summed E-state index contributed by atoms with van der Waals surface area (Å²) in [5.74, 6) is -0.242. The topological polar surface area (TPSA) is 67.6 Å². The van der Waals surface area contributed by atoms with Crippen LogP contribution >= 0.6 is 0 Å². The zero-order valence-corrected chi connectivity index (χ0v) is 10.8. The Bertz CT molecular complexity index is 302. The van der Waals surface area contributed by atoms with E-state index in [9.17, 15) is 4.79 Å². The first kappa shape index (κ1) is 12.8. The number of carbonyl (C=O) groups is 1. The second kappa shape index (κ2) is 4.55. The van der Waals surface area contributed by atoms with Gasteiger partial charge in [0, 0.05) is 31.8 Å². The number of amides is 1. The summed E-state index contributed by atoms with van der Waals surface area (Å²) in [5.41, 5.74) is 5.28. The third-order valence-electron chi connectivity index (χ3n) is 3.67. The highest BCUT2D eigenvalue weighted by molar-refractivity contribution is 5.75. The van der Waals surface area contributed by atoms with Gasteiger partial charge < -0.3 is 15.8 Å². The predicted molar refractivity (Wildman–Crippen MR) is 65.6 cm³/mol. The lowest BCUT2D eigenvalue weighted by atomic mass is 9.80. The molecule has 2 aliphatic rings. The van der Waals surface area contributed by atoms with Crippen molar-refractivity contribution in [2.45, 2.75) is 37.8 Å². The molecule has 2 aliphatic heterocycles. The molecule has 0 aromatic carbocycles. The van der Waals surface area contributed by atoms with E-state index in [0.717, 1.165) is 39.1 Å². The lowest BCUT2D eigenvalue weighted by Gasteiger charge is -2.50. The van der Waals surface area contributed by atoms with Gasteiger partial charge in [0.25, 0.3) is 0 Å². The molecule has 0 bridgehead atoms. The van der Waals surface area contributed by atoms with Crippen molar-refractivity contribution in [2.24, 2.45) is 5.73 Å². The molecule has 0 radical (unpaired) electrons. The molecule has 1 spiro atoms. The Morgan fingerprint density at radius 1 is 1.53 bits per heavy atom. The average Bonchev–Trinajstić information content (AvgIpc) is 2.13. The first-order chi connectivity index (χ1) is 7.91. The SMILES string of the molecule is CC1(C)C[C@]2(CCO1)CN(CC(N)=O)CCN2. The molecule has 2 fully saturated rings. The maximum atomic E-state index is 11.0. The summed E-state index contributed by atoms with van der Waals surface area (Å²) in [4.78, 5) is 13.2. The summed E-state index contributed by atoms with van der Waals surface area (Å²) >= 11 is 0. The second-order valence-corrected chi connectivity index (χ2v) is 5.92. The quantitative estimate of drug-likeness (QED) is 0.697. The third kappa shape index (κ3) is 3.18. The molecule has 3 N–H and O–H groups in total. The fourth-order valence-electron chi connectivity index (χ4n) is 3.16. The van der Waals surface area contributed by atoms with Crippen molar-refractivity contribution in [3.63, 3.8) is 0 Å². The molecule has 17 heavy (non-hydrogen) atoms. The normalized spacial score (nSPS) is 33.8. The van der Waals surface area contributed by atoms with E-state index in [2.05, 4.69) is 24.1 Å². The zero-order valence-electron chi connectivity index (χ0n) is 10.8. The van der Waals surface area contributed by atoms with Crippen LogP contribution in [0, 0.1) is 0 Å². The van der Waals surface area contributed by atoms with E-state index in [0.29, 0.717) is 6.54 Å². The first-order valence-electron chi connectivity index (χ1n) is 6.31. The predicted octanol–water partition coefficient (Wildman–Crippen LogP) is -0.295. The molecule has 0 aliphatic carbocycles. The fourth-order valence-corrected chi connectivity index (χ4v) is 3.16. The number of hydrogen-bond donors (Lipinski definition) is 2. The highest BCUT2D eigenvalue weighted by Gasteiger charge is 2.43. The maximum absolute atomic E-state index is 11.0. The highest BCUT2D eigenvalue weighted by atomic mass is 16.5. The summed E-state index contributed by atoms with van der Waals surface area (Å²) in [5, 5.41) is 3.62. The van der Waals surface area contributed by atoms with Gasteiger partial charge in [0.15, 0.2) is 0 Å². The lowest BCUT2D eigenvalue weighted by Crippen LogP contribution is -2.65. The number of nitrogens with two attached hydrogens (primary N) is 1. The van der Waals surface area contributed by atoms with Gasteiger partial charge in [0.05, 0.1) is 12.1 Å². The summed E-state index contributed by atoms with van der Waals surface area (Å²) in [6, 6.07) is 0. The van der Waals surface area contributed by atoms with E-state index >= 15 is 0 Å². The average molecular weight is 241 g/mol. The molecule has 0 aromatic heterocycles. The van der Waals surface area contributed by atoms with Crippen LogP contribution in [0.1, 0.15) is 26.7 Å². The largest absolute Gasteiger partial charge is 0.375 e. The highest BCUT2D eigenvalue weighted by Crippen LogP contribution is 2.33. The van der Waals surface area contributed by atoms with Crippen molar-refractivity contribution in [3.05, 3.63) is 0 Å². The number of primary amides is 1. The van der Waals surface area contributed by atoms with Crippen LogP contribution in [0.5, 0.6) is 0 Å². The van der Waals surface area contributed by atoms with Crippen LogP contribution in [0.25, 0.3) is 0 Å². The number of rotatable bonds is 2.